The fraction of sp³-hybridized carbons (Fsp3) is 0.350. The van der Waals surface area contributed by atoms with E-state index in [1.54, 1.807) is 116 Å². The van der Waals surface area contributed by atoms with Gasteiger partial charge in [0.05, 0.1) is 36.5 Å². The number of carbonyl (C=O) groups excluding carboxylic acids is 2. The maximum absolute atomic E-state index is 13.7. The molecule has 55 heavy (non-hydrogen) atoms. The summed E-state index contributed by atoms with van der Waals surface area (Å²) in [5, 5.41) is 11.2. The molecular formula is C40H42O14S. The SMILES string of the molecule is C[C@@H]1O[C@@H](O)[C@@H](OCc2ccccc2)[C@H](O[C@@H]2O[C@@H](C)[C@@H](OC(=O)c3ccccc3)[C@@H](OC(=O)c3ccccc3)[C@@H]2OCc2ccccc2)[C@@H]1OS(=O)(=O)O. The molecule has 0 bridgehead atoms. The third-order valence-corrected chi connectivity index (χ3v) is 9.54. The molecule has 0 radical (unpaired) electrons. The van der Waals surface area contributed by atoms with Gasteiger partial charge in [-0.05, 0) is 49.2 Å². The van der Waals surface area contributed by atoms with E-state index < -0.39 is 83.7 Å². The standard InChI is InChI=1S/C40H42O14S/c1-25-31(51-37(41)29-19-11-5-12-20-29)33(52-38(42)30-21-13-6-14-22-30)36(48-24-28-17-9-4-10-18-28)40(50-25)53-34-32(54-55(44,45)46)26(2)49-39(43)35(34)47-23-27-15-7-3-8-16-27/h3-22,25-26,31-36,39-40,43H,23-24H2,1-2H3,(H,44,45,46)/t25-,26-,31+,32+,33+,34+,35-,36-,39+,40-/m0/s1. The lowest BCUT2D eigenvalue weighted by molar-refractivity contribution is -0.356. The van der Waals surface area contributed by atoms with Gasteiger partial charge < -0.3 is 38.3 Å². The smallest absolute Gasteiger partial charge is 0.397 e. The molecule has 0 spiro atoms. The lowest BCUT2D eigenvalue weighted by atomic mass is 9.96. The normalized spacial score (nSPS) is 28.2. The number of aliphatic hydroxyl groups excluding tert-OH is 1. The summed E-state index contributed by atoms with van der Waals surface area (Å²) in [6.45, 7) is 2.87. The maximum atomic E-state index is 13.7. The zero-order valence-electron chi connectivity index (χ0n) is 29.9. The molecule has 0 amide bonds. The van der Waals surface area contributed by atoms with Crippen LogP contribution in [-0.2, 0) is 61.0 Å². The fourth-order valence-electron chi connectivity index (χ4n) is 6.37. The average molecular weight is 779 g/mol. The molecule has 0 aromatic heterocycles. The Morgan fingerprint density at radius 1 is 0.582 bits per heavy atom. The van der Waals surface area contributed by atoms with Crippen molar-refractivity contribution in [3.63, 3.8) is 0 Å². The summed E-state index contributed by atoms with van der Waals surface area (Å²) in [5.41, 5.74) is 1.86. The van der Waals surface area contributed by atoms with E-state index in [1.165, 1.54) is 6.92 Å². The van der Waals surface area contributed by atoms with Crippen LogP contribution in [-0.4, -0.2) is 91.4 Å². The quantitative estimate of drug-likeness (QED) is 0.133. The van der Waals surface area contributed by atoms with Gasteiger partial charge in [-0.1, -0.05) is 97.1 Å². The molecular weight excluding hydrogens is 736 g/mol. The van der Waals surface area contributed by atoms with Crippen LogP contribution in [0.5, 0.6) is 0 Å². The fourth-order valence-corrected chi connectivity index (χ4v) is 6.92. The number of esters is 2. The van der Waals surface area contributed by atoms with Crippen molar-refractivity contribution in [2.45, 2.75) is 88.5 Å². The minimum absolute atomic E-state index is 0.0620. The van der Waals surface area contributed by atoms with Crippen LogP contribution in [0.25, 0.3) is 0 Å². The van der Waals surface area contributed by atoms with Gasteiger partial charge in [-0.25, -0.2) is 13.8 Å². The number of aliphatic hydroxyl groups is 1. The molecule has 0 aliphatic carbocycles. The van der Waals surface area contributed by atoms with Crippen LogP contribution in [0.4, 0.5) is 0 Å². The second-order valence-electron chi connectivity index (χ2n) is 13.0. The molecule has 10 atom stereocenters. The molecule has 0 unspecified atom stereocenters. The van der Waals surface area contributed by atoms with Gasteiger partial charge in [0.1, 0.15) is 24.4 Å². The summed E-state index contributed by atoms with van der Waals surface area (Å²) in [4.78, 5) is 27.2. The molecule has 2 fully saturated rings. The van der Waals surface area contributed by atoms with Crippen LogP contribution >= 0.6 is 0 Å². The Bertz CT molecular complexity index is 1930. The Morgan fingerprint density at radius 3 is 1.51 bits per heavy atom. The predicted molar refractivity (Wildman–Crippen MR) is 194 cm³/mol. The molecule has 2 aliphatic rings. The average Bonchev–Trinajstić information content (AvgIpc) is 3.18. The molecule has 292 valence electrons. The zero-order valence-corrected chi connectivity index (χ0v) is 30.8. The number of hydrogen-bond acceptors (Lipinski definition) is 13. The largest absolute Gasteiger partial charge is 0.452 e. The van der Waals surface area contributed by atoms with Crippen molar-refractivity contribution in [1.82, 2.24) is 0 Å². The first-order valence-corrected chi connectivity index (χ1v) is 19.0. The van der Waals surface area contributed by atoms with E-state index in [1.807, 2.05) is 12.1 Å². The Balaban J connectivity index is 1.39. The van der Waals surface area contributed by atoms with Gasteiger partial charge in [0.2, 0.25) is 0 Å². The van der Waals surface area contributed by atoms with E-state index in [-0.39, 0.29) is 24.3 Å². The van der Waals surface area contributed by atoms with Gasteiger partial charge >= 0.3 is 22.3 Å². The van der Waals surface area contributed by atoms with Crippen LogP contribution in [0.15, 0.2) is 121 Å². The second kappa shape index (κ2) is 18.4. The molecule has 2 heterocycles. The monoisotopic (exact) mass is 778 g/mol. The summed E-state index contributed by atoms with van der Waals surface area (Å²) in [7, 11) is -5.11. The highest BCUT2D eigenvalue weighted by molar-refractivity contribution is 7.80. The van der Waals surface area contributed by atoms with Crippen molar-refractivity contribution in [1.29, 1.82) is 0 Å². The third kappa shape index (κ3) is 10.6. The Labute approximate surface area is 318 Å². The molecule has 0 saturated carbocycles. The van der Waals surface area contributed by atoms with E-state index in [4.69, 9.17) is 37.3 Å². The number of ether oxygens (including phenoxy) is 7. The Morgan fingerprint density at radius 2 is 1.02 bits per heavy atom. The highest BCUT2D eigenvalue weighted by Gasteiger charge is 2.55. The number of benzene rings is 4. The Hall–Kier alpha value is -4.55. The molecule has 4 aromatic rings. The van der Waals surface area contributed by atoms with Crippen molar-refractivity contribution in [3.05, 3.63) is 144 Å². The first-order chi connectivity index (χ1) is 26.5. The van der Waals surface area contributed by atoms with Gasteiger partial charge in [-0.15, -0.1) is 0 Å². The van der Waals surface area contributed by atoms with Crippen LogP contribution in [0, 0.1) is 0 Å². The van der Waals surface area contributed by atoms with Crippen molar-refractivity contribution in [3.8, 4) is 0 Å². The van der Waals surface area contributed by atoms with E-state index in [0.717, 1.165) is 5.56 Å². The van der Waals surface area contributed by atoms with E-state index in [2.05, 4.69) is 0 Å². The van der Waals surface area contributed by atoms with Crippen molar-refractivity contribution in [2.75, 3.05) is 0 Å². The Kier molecular flexibility index (Phi) is 13.4. The lowest BCUT2D eigenvalue weighted by Crippen LogP contribution is -2.65. The highest BCUT2D eigenvalue weighted by atomic mass is 32.3. The highest BCUT2D eigenvalue weighted by Crippen LogP contribution is 2.36. The first kappa shape index (κ1) is 40.1. The number of hydrogen-bond donors (Lipinski definition) is 2. The first-order valence-electron chi connectivity index (χ1n) is 17.6. The molecule has 4 aromatic carbocycles. The minimum atomic E-state index is -5.11. The topological polar surface area (TPSA) is 183 Å². The van der Waals surface area contributed by atoms with E-state index in [9.17, 15) is 27.7 Å². The zero-order chi connectivity index (χ0) is 39.0. The summed E-state index contributed by atoms with van der Waals surface area (Å²) < 4.78 is 82.3. The van der Waals surface area contributed by atoms with Crippen molar-refractivity contribution >= 4 is 22.3 Å². The molecule has 2 N–H and O–H groups in total. The molecule has 2 saturated heterocycles. The van der Waals surface area contributed by atoms with Crippen molar-refractivity contribution in [2.24, 2.45) is 0 Å². The second-order valence-corrected chi connectivity index (χ2v) is 14.1. The molecule has 15 heteroatoms. The summed E-state index contributed by atoms with van der Waals surface area (Å²) in [5.74, 6) is -1.49. The van der Waals surface area contributed by atoms with Gasteiger partial charge in [0.25, 0.3) is 0 Å². The van der Waals surface area contributed by atoms with Crippen LogP contribution < -0.4 is 0 Å². The predicted octanol–water partition coefficient (Wildman–Crippen LogP) is 4.66. The summed E-state index contributed by atoms with van der Waals surface area (Å²) in [6.07, 6.45) is -13.9. The molecule has 2 aliphatic heterocycles. The summed E-state index contributed by atoms with van der Waals surface area (Å²) in [6, 6.07) is 34.4. The molecule has 14 nitrogen and oxygen atoms in total. The van der Waals surface area contributed by atoms with E-state index >= 15 is 0 Å². The minimum Gasteiger partial charge on any atom is -0.452 e. The lowest BCUT2D eigenvalue weighted by Gasteiger charge is -2.48. The maximum Gasteiger partial charge on any atom is 0.397 e. The van der Waals surface area contributed by atoms with Gasteiger partial charge in [0.15, 0.2) is 24.8 Å². The summed E-state index contributed by atoms with van der Waals surface area (Å²) >= 11 is 0. The van der Waals surface area contributed by atoms with Crippen LogP contribution in [0.1, 0.15) is 45.7 Å². The number of carbonyl (C=O) groups is 2. The van der Waals surface area contributed by atoms with Crippen LogP contribution in [0.3, 0.4) is 0 Å². The van der Waals surface area contributed by atoms with Crippen LogP contribution in [0.2, 0.25) is 0 Å². The van der Waals surface area contributed by atoms with Gasteiger partial charge in [0, 0.05) is 0 Å². The van der Waals surface area contributed by atoms with Gasteiger partial charge in [-0.2, -0.15) is 8.42 Å². The molecule has 6 rings (SSSR count). The van der Waals surface area contributed by atoms with E-state index in [0.29, 0.717) is 5.56 Å². The van der Waals surface area contributed by atoms with Gasteiger partial charge in [-0.3, -0.25) is 4.55 Å². The number of rotatable bonds is 14. The van der Waals surface area contributed by atoms with Crippen molar-refractivity contribution < 1.29 is 65.0 Å². The third-order valence-electron chi connectivity index (χ3n) is 9.07.